The Balaban J connectivity index is 1.30. The van der Waals surface area contributed by atoms with Gasteiger partial charge < -0.3 is 9.80 Å². The van der Waals surface area contributed by atoms with Gasteiger partial charge in [-0.25, -0.2) is 0 Å². The first kappa shape index (κ1) is 24.4. The average molecular weight is 529 g/mol. The van der Waals surface area contributed by atoms with Gasteiger partial charge in [0.2, 0.25) is 0 Å². The summed E-state index contributed by atoms with van der Waals surface area (Å²) in [5.41, 5.74) is 9.97. The molecule has 0 saturated carbocycles. The monoisotopic (exact) mass is 528 g/mol. The van der Waals surface area contributed by atoms with Gasteiger partial charge in [-0.05, 0) is 82.6 Å². The smallest absolute Gasteiger partial charge is 0.192 e. The second-order valence-corrected chi connectivity index (χ2v) is 16.4. The maximum atomic E-state index is 14.1. The molecule has 196 valence electrons. The molecule has 0 bridgehead atoms. The predicted molar refractivity (Wildman–Crippen MR) is 165 cm³/mol. The molecule has 3 nitrogen and oxygen atoms in total. The molecule has 3 aliphatic rings. The Hall–Kier alpha value is -3.63. The van der Waals surface area contributed by atoms with E-state index < -0.39 is 8.07 Å². The topological polar surface area (TPSA) is 23.6 Å². The van der Waals surface area contributed by atoms with E-state index in [0.29, 0.717) is 0 Å². The third-order valence-electron chi connectivity index (χ3n) is 9.14. The molecule has 4 heteroatoms. The molecule has 4 aromatic rings. The fourth-order valence-electron chi connectivity index (χ4n) is 7.05. The number of ketones is 1. The molecule has 0 aromatic heterocycles. The molecule has 0 amide bonds. The zero-order valence-corrected chi connectivity index (χ0v) is 24.0. The highest BCUT2D eigenvalue weighted by Gasteiger charge is 2.41. The number of nitrogens with zero attached hydrogens (tertiary/aromatic N) is 2. The molecule has 7 rings (SSSR count). The maximum Gasteiger partial charge on any atom is 0.192 e. The van der Waals surface area contributed by atoms with Crippen LogP contribution in [0.5, 0.6) is 0 Å². The first-order chi connectivity index (χ1) is 19.0. The van der Waals surface area contributed by atoms with Crippen molar-refractivity contribution in [3.8, 4) is 0 Å². The molecule has 0 N–H and O–H groups in total. The van der Waals surface area contributed by atoms with Crippen LogP contribution in [0.2, 0.25) is 13.1 Å². The molecular formula is C35H36N2OSi. The van der Waals surface area contributed by atoms with Crippen molar-refractivity contribution in [2.24, 2.45) is 0 Å². The number of carbonyl (C=O) groups excluding carboxylic acids is 1. The fraction of sp³-hybridized carbons (Fsp3) is 0.286. The summed E-state index contributed by atoms with van der Waals surface area (Å²) in [5, 5.41) is 2.62. The first-order valence-electron chi connectivity index (χ1n) is 14.5. The van der Waals surface area contributed by atoms with Crippen molar-refractivity contribution in [2.75, 3.05) is 22.9 Å². The predicted octanol–water partition coefficient (Wildman–Crippen LogP) is 5.96. The van der Waals surface area contributed by atoms with E-state index in [-0.39, 0.29) is 5.78 Å². The SMILES string of the molecule is C[Si]1(C)c2cc3c(cc2C(=O)c2cc4c(cc21)N(Cc1ccccc1)CCC4)CCCN3Cc1ccccc1. The summed E-state index contributed by atoms with van der Waals surface area (Å²) in [6, 6.07) is 30.9. The molecule has 0 atom stereocenters. The Morgan fingerprint density at radius 1 is 0.641 bits per heavy atom. The Morgan fingerprint density at radius 3 is 1.51 bits per heavy atom. The van der Waals surface area contributed by atoms with Crippen LogP contribution in [0, 0.1) is 0 Å². The lowest BCUT2D eigenvalue weighted by molar-refractivity contribution is 0.104. The lowest BCUT2D eigenvalue weighted by Gasteiger charge is -2.39. The minimum atomic E-state index is -2.11. The number of fused-ring (bicyclic) bond motifs is 4. The summed E-state index contributed by atoms with van der Waals surface area (Å²) in [6.45, 7) is 8.86. The standard InChI is InChI=1S/C35H36N2OSi/c1-39(2)33-21-31-27(15-9-17-36(31)23-25-11-5-3-6-12-25)19-29(33)35(38)30-20-28-16-10-18-37(32(28)22-34(30)39)24-26-13-7-4-8-14-26/h3-8,11-14,19-22H,9-10,15-18,23-24H2,1-2H3. The Bertz CT molecular complexity index is 1450. The summed E-state index contributed by atoms with van der Waals surface area (Å²) in [4.78, 5) is 19.2. The summed E-state index contributed by atoms with van der Waals surface area (Å²) in [6.07, 6.45) is 4.37. The molecule has 4 aromatic carbocycles. The van der Waals surface area contributed by atoms with Gasteiger partial charge in [0.05, 0.1) is 0 Å². The van der Waals surface area contributed by atoms with Gasteiger partial charge in [-0.2, -0.15) is 0 Å². The number of aryl methyl sites for hydroxylation is 2. The molecule has 0 fully saturated rings. The molecule has 0 unspecified atom stereocenters. The third kappa shape index (κ3) is 4.22. The summed E-state index contributed by atoms with van der Waals surface area (Å²) in [5.74, 6) is 0.234. The Morgan fingerprint density at radius 2 is 1.08 bits per heavy atom. The molecule has 0 aliphatic carbocycles. The normalized spacial score (nSPS) is 17.2. The van der Waals surface area contributed by atoms with Crippen molar-refractivity contribution >= 4 is 35.6 Å². The second-order valence-electron chi connectivity index (χ2n) is 12.0. The lowest BCUT2D eigenvalue weighted by atomic mass is 9.92. The highest BCUT2D eigenvalue weighted by atomic mass is 28.3. The number of anilines is 2. The second kappa shape index (κ2) is 9.53. The van der Waals surface area contributed by atoms with Gasteiger partial charge in [0.1, 0.15) is 8.07 Å². The van der Waals surface area contributed by atoms with Crippen LogP contribution in [0.15, 0.2) is 84.9 Å². The van der Waals surface area contributed by atoms with Crippen molar-refractivity contribution in [2.45, 2.75) is 51.9 Å². The van der Waals surface area contributed by atoms with Crippen molar-refractivity contribution in [3.05, 3.63) is 118 Å². The average Bonchev–Trinajstić information content (AvgIpc) is 2.96. The summed E-state index contributed by atoms with van der Waals surface area (Å²) >= 11 is 0. The van der Waals surface area contributed by atoms with Gasteiger partial charge in [0.15, 0.2) is 5.78 Å². The van der Waals surface area contributed by atoms with Gasteiger partial charge in [-0.1, -0.05) is 73.8 Å². The molecule has 0 saturated heterocycles. The molecule has 39 heavy (non-hydrogen) atoms. The van der Waals surface area contributed by atoms with Crippen molar-refractivity contribution in [1.82, 2.24) is 0 Å². The van der Waals surface area contributed by atoms with Crippen LogP contribution in [-0.4, -0.2) is 26.9 Å². The van der Waals surface area contributed by atoms with E-state index in [0.717, 1.165) is 63.0 Å². The van der Waals surface area contributed by atoms with Crippen LogP contribution < -0.4 is 20.2 Å². The van der Waals surface area contributed by atoms with E-state index in [9.17, 15) is 4.79 Å². The zero-order valence-electron chi connectivity index (χ0n) is 23.0. The van der Waals surface area contributed by atoms with Gasteiger partial charge >= 0.3 is 0 Å². The third-order valence-corrected chi connectivity index (χ3v) is 12.7. The fourth-order valence-corrected chi connectivity index (χ4v) is 10.1. The van der Waals surface area contributed by atoms with Crippen LogP contribution >= 0.6 is 0 Å². The van der Waals surface area contributed by atoms with E-state index in [1.807, 2.05) is 0 Å². The molecule has 3 aliphatic heterocycles. The minimum absolute atomic E-state index is 0.234. The van der Waals surface area contributed by atoms with Crippen molar-refractivity contribution in [3.63, 3.8) is 0 Å². The van der Waals surface area contributed by atoms with Gasteiger partial charge in [0, 0.05) is 48.7 Å². The van der Waals surface area contributed by atoms with Gasteiger partial charge in [-0.15, -0.1) is 0 Å². The van der Waals surface area contributed by atoms with E-state index in [1.165, 1.54) is 44.0 Å². The highest BCUT2D eigenvalue weighted by molar-refractivity contribution is 7.02. The molecule has 0 radical (unpaired) electrons. The van der Waals surface area contributed by atoms with Crippen LogP contribution in [0.1, 0.15) is 51.0 Å². The highest BCUT2D eigenvalue weighted by Crippen LogP contribution is 2.35. The molecular weight excluding hydrogens is 492 g/mol. The molecule has 3 heterocycles. The summed E-state index contributed by atoms with van der Waals surface area (Å²) in [7, 11) is -2.11. The van der Waals surface area contributed by atoms with E-state index in [4.69, 9.17) is 0 Å². The number of benzene rings is 4. The van der Waals surface area contributed by atoms with E-state index in [2.05, 4.69) is 108 Å². The van der Waals surface area contributed by atoms with Crippen LogP contribution in [0.3, 0.4) is 0 Å². The van der Waals surface area contributed by atoms with Gasteiger partial charge in [0.25, 0.3) is 0 Å². The first-order valence-corrected chi connectivity index (χ1v) is 17.5. The van der Waals surface area contributed by atoms with Crippen LogP contribution in [0.25, 0.3) is 0 Å². The quantitative estimate of drug-likeness (QED) is 0.306. The lowest BCUT2D eigenvalue weighted by Crippen LogP contribution is -2.60. The summed E-state index contributed by atoms with van der Waals surface area (Å²) < 4.78 is 0. The van der Waals surface area contributed by atoms with E-state index in [1.54, 1.807) is 0 Å². The number of carbonyl (C=O) groups is 1. The van der Waals surface area contributed by atoms with Crippen LogP contribution in [0.4, 0.5) is 11.4 Å². The molecule has 0 spiro atoms. The number of hydrogen-bond donors (Lipinski definition) is 0. The Labute approximate surface area is 233 Å². The van der Waals surface area contributed by atoms with Crippen molar-refractivity contribution in [1.29, 1.82) is 0 Å². The number of hydrogen-bond acceptors (Lipinski definition) is 3. The number of rotatable bonds is 4. The van der Waals surface area contributed by atoms with E-state index >= 15 is 0 Å². The largest absolute Gasteiger partial charge is 0.367 e. The van der Waals surface area contributed by atoms with Crippen LogP contribution in [-0.2, 0) is 25.9 Å². The minimum Gasteiger partial charge on any atom is -0.367 e. The van der Waals surface area contributed by atoms with Gasteiger partial charge in [-0.3, -0.25) is 4.79 Å². The van der Waals surface area contributed by atoms with Crippen molar-refractivity contribution < 1.29 is 4.79 Å². The zero-order chi connectivity index (χ0) is 26.6. The maximum absolute atomic E-state index is 14.1. The Kier molecular flexibility index (Phi) is 5.96.